The van der Waals surface area contributed by atoms with Gasteiger partial charge in [0.25, 0.3) is 0 Å². The molecule has 0 spiro atoms. The average Bonchev–Trinajstić information content (AvgIpc) is 2.47. The molecule has 0 heterocycles. The van der Waals surface area contributed by atoms with Crippen LogP contribution in [0.2, 0.25) is 0 Å². The van der Waals surface area contributed by atoms with Gasteiger partial charge < -0.3 is 16.2 Å². The number of hydrogen-bond donors (Lipinski definition) is 3. The van der Waals surface area contributed by atoms with E-state index in [1.165, 1.54) is 19.3 Å². The van der Waals surface area contributed by atoms with Crippen LogP contribution >= 0.6 is 0 Å². The van der Waals surface area contributed by atoms with Crippen LogP contribution in [-0.2, 0) is 0 Å². The molecule has 1 aliphatic rings. The summed E-state index contributed by atoms with van der Waals surface area (Å²) in [5.41, 5.74) is 5.59. The lowest BCUT2D eigenvalue weighted by Gasteiger charge is -2.18. The third-order valence-corrected chi connectivity index (χ3v) is 2.48. The zero-order chi connectivity index (χ0) is 8.10. The molecule has 1 saturated carbocycles. The smallest absolute Gasteiger partial charge is 0.0556 e. The lowest BCUT2D eigenvalue weighted by Crippen LogP contribution is -2.37. The van der Waals surface area contributed by atoms with Gasteiger partial charge in [0.1, 0.15) is 0 Å². The molecule has 0 radical (unpaired) electrons. The molecular formula is C8H18N2O. The topological polar surface area (TPSA) is 58.3 Å². The maximum Gasteiger partial charge on any atom is 0.0556 e. The van der Waals surface area contributed by atoms with Crippen LogP contribution in [0.15, 0.2) is 0 Å². The Morgan fingerprint density at radius 3 is 2.91 bits per heavy atom. The van der Waals surface area contributed by atoms with Crippen molar-refractivity contribution in [2.24, 2.45) is 11.7 Å². The van der Waals surface area contributed by atoms with Crippen molar-refractivity contribution in [3.8, 4) is 0 Å². The molecule has 0 aliphatic heterocycles. The second kappa shape index (κ2) is 4.70. The van der Waals surface area contributed by atoms with Crippen molar-refractivity contribution >= 4 is 0 Å². The van der Waals surface area contributed by atoms with E-state index < -0.39 is 0 Å². The average molecular weight is 158 g/mol. The Bertz CT molecular complexity index is 108. The number of nitrogens with two attached hydrogens (primary N) is 1. The predicted octanol–water partition coefficient (Wildman–Crippen LogP) is -0.304. The zero-order valence-electron chi connectivity index (χ0n) is 6.92. The van der Waals surface area contributed by atoms with Crippen LogP contribution in [0.1, 0.15) is 19.3 Å². The molecule has 2 unspecified atom stereocenters. The van der Waals surface area contributed by atoms with Crippen LogP contribution in [0.3, 0.4) is 0 Å². The lowest BCUT2D eigenvalue weighted by atomic mass is 10.0. The number of nitrogens with one attached hydrogen (secondary N) is 1. The summed E-state index contributed by atoms with van der Waals surface area (Å²) in [4.78, 5) is 0. The molecule has 0 aromatic rings. The Hall–Kier alpha value is -0.120. The summed E-state index contributed by atoms with van der Waals surface area (Å²) >= 11 is 0. The van der Waals surface area contributed by atoms with Crippen LogP contribution in [0.5, 0.6) is 0 Å². The second-order valence-corrected chi connectivity index (χ2v) is 3.21. The van der Waals surface area contributed by atoms with Crippen LogP contribution < -0.4 is 11.1 Å². The first-order valence-corrected chi connectivity index (χ1v) is 4.42. The van der Waals surface area contributed by atoms with E-state index in [4.69, 9.17) is 10.8 Å². The molecule has 11 heavy (non-hydrogen) atoms. The van der Waals surface area contributed by atoms with Crippen LogP contribution in [-0.4, -0.2) is 30.8 Å². The monoisotopic (exact) mass is 158 g/mol. The fourth-order valence-corrected chi connectivity index (χ4v) is 1.84. The number of aliphatic hydroxyl groups excluding tert-OH is 1. The minimum Gasteiger partial charge on any atom is -0.395 e. The third-order valence-electron chi connectivity index (χ3n) is 2.48. The van der Waals surface area contributed by atoms with E-state index in [1.807, 2.05) is 0 Å². The van der Waals surface area contributed by atoms with Gasteiger partial charge in [-0.3, -0.25) is 0 Å². The second-order valence-electron chi connectivity index (χ2n) is 3.21. The lowest BCUT2D eigenvalue weighted by molar-refractivity contribution is 0.275. The zero-order valence-corrected chi connectivity index (χ0v) is 6.92. The SMILES string of the molecule is NCC1CCCC1NCCO. The third kappa shape index (κ3) is 2.43. The highest BCUT2D eigenvalue weighted by Gasteiger charge is 2.24. The highest BCUT2D eigenvalue weighted by Crippen LogP contribution is 2.24. The van der Waals surface area contributed by atoms with Crippen molar-refractivity contribution in [2.45, 2.75) is 25.3 Å². The highest BCUT2D eigenvalue weighted by atomic mass is 16.3. The van der Waals surface area contributed by atoms with Gasteiger partial charge in [-0.15, -0.1) is 0 Å². The van der Waals surface area contributed by atoms with Crippen LogP contribution in [0.25, 0.3) is 0 Å². The predicted molar refractivity (Wildman–Crippen MR) is 45.3 cm³/mol. The van der Waals surface area contributed by atoms with Gasteiger partial charge in [-0.05, 0) is 25.3 Å². The highest BCUT2D eigenvalue weighted by molar-refractivity contribution is 4.83. The van der Waals surface area contributed by atoms with E-state index >= 15 is 0 Å². The van der Waals surface area contributed by atoms with E-state index in [1.54, 1.807) is 0 Å². The molecule has 1 rings (SSSR count). The Kier molecular flexibility index (Phi) is 3.83. The summed E-state index contributed by atoms with van der Waals surface area (Å²) < 4.78 is 0. The van der Waals surface area contributed by atoms with Crippen molar-refractivity contribution < 1.29 is 5.11 Å². The minimum atomic E-state index is 0.230. The van der Waals surface area contributed by atoms with Gasteiger partial charge in [-0.1, -0.05) is 6.42 Å². The van der Waals surface area contributed by atoms with Gasteiger partial charge in [-0.25, -0.2) is 0 Å². The van der Waals surface area contributed by atoms with Crippen molar-refractivity contribution in [2.75, 3.05) is 19.7 Å². The normalized spacial score (nSPS) is 31.1. The molecule has 1 fully saturated rings. The van der Waals surface area contributed by atoms with E-state index in [2.05, 4.69) is 5.32 Å². The number of aliphatic hydroxyl groups is 1. The summed E-state index contributed by atoms with van der Waals surface area (Å²) in [5, 5.41) is 11.9. The first kappa shape index (κ1) is 8.97. The van der Waals surface area contributed by atoms with Crippen molar-refractivity contribution in [1.82, 2.24) is 5.32 Å². The molecule has 0 amide bonds. The molecule has 0 saturated heterocycles. The molecule has 0 aromatic carbocycles. The number of rotatable bonds is 4. The van der Waals surface area contributed by atoms with Gasteiger partial charge in [0.2, 0.25) is 0 Å². The molecule has 1 aliphatic carbocycles. The fraction of sp³-hybridized carbons (Fsp3) is 1.00. The van der Waals surface area contributed by atoms with Gasteiger partial charge in [0.05, 0.1) is 6.61 Å². The van der Waals surface area contributed by atoms with E-state index in [-0.39, 0.29) is 6.61 Å². The van der Waals surface area contributed by atoms with Gasteiger partial charge in [0.15, 0.2) is 0 Å². The Morgan fingerprint density at radius 1 is 1.45 bits per heavy atom. The van der Waals surface area contributed by atoms with Gasteiger partial charge in [0, 0.05) is 12.6 Å². The van der Waals surface area contributed by atoms with E-state index in [0.717, 1.165) is 6.54 Å². The molecule has 3 nitrogen and oxygen atoms in total. The van der Waals surface area contributed by atoms with Crippen molar-refractivity contribution in [1.29, 1.82) is 0 Å². The first-order valence-electron chi connectivity index (χ1n) is 4.42. The Labute approximate surface area is 68.0 Å². The quantitative estimate of drug-likeness (QED) is 0.526. The fourth-order valence-electron chi connectivity index (χ4n) is 1.84. The molecule has 3 heteroatoms. The minimum absolute atomic E-state index is 0.230. The van der Waals surface area contributed by atoms with Gasteiger partial charge in [-0.2, -0.15) is 0 Å². The molecule has 0 bridgehead atoms. The van der Waals surface area contributed by atoms with Crippen LogP contribution in [0, 0.1) is 5.92 Å². The maximum atomic E-state index is 8.59. The maximum absolute atomic E-state index is 8.59. The van der Waals surface area contributed by atoms with Crippen LogP contribution in [0.4, 0.5) is 0 Å². The van der Waals surface area contributed by atoms with E-state index in [0.29, 0.717) is 18.5 Å². The summed E-state index contributed by atoms with van der Waals surface area (Å²) in [6.07, 6.45) is 3.76. The summed E-state index contributed by atoms with van der Waals surface area (Å²) in [6.45, 7) is 1.72. The molecule has 2 atom stereocenters. The summed E-state index contributed by atoms with van der Waals surface area (Å²) in [7, 11) is 0. The molecular weight excluding hydrogens is 140 g/mol. The Morgan fingerprint density at radius 2 is 2.27 bits per heavy atom. The van der Waals surface area contributed by atoms with Crippen molar-refractivity contribution in [3.05, 3.63) is 0 Å². The first-order chi connectivity index (χ1) is 5.38. The van der Waals surface area contributed by atoms with Crippen molar-refractivity contribution in [3.63, 3.8) is 0 Å². The Balaban J connectivity index is 2.20. The van der Waals surface area contributed by atoms with Gasteiger partial charge >= 0.3 is 0 Å². The number of hydrogen-bond acceptors (Lipinski definition) is 3. The molecule has 66 valence electrons. The summed E-state index contributed by atoms with van der Waals surface area (Å²) in [6, 6.07) is 0.562. The molecule has 4 N–H and O–H groups in total. The molecule has 0 aromatic heterocycles. The summed E-state index contributed by atoms with van der Waals surface area (Å²) in [5.74, 6) is 0.640. The van der Waals surface area contributed by atoms with E-state index in [9.17, 15) is 0 Å². The standard InChI is InChI=1S/C8H18N2O/c9-6-7-2-1-3-8(7)10-4-5-11/h7-8,10-11H,1-6,9H2. The largest absolute Gasteiger partial charge is 0.395 e.